The Kier molecular flexibility index (Phi) is 4.23. The van der Waals surface area contributed by atoms with Crippen LogP contribution in [0.25, 0.3) is 44.3 Å². The average Bonchev–Trinajstić information content (AvgIpc) is 3.18. The molecule has 1 aliphatic rings. The fraction of sp³-hybridized carbons (Fsp3) is 0.192. The predicted octanol–water partition coefficient (Wildman–Crippen LogP) is 4.90. The van der Waals surface area contributed by atoms with Crippen molar-refractivity contribution in [1.82, 2.24) is 19.5 Å². The zero-order valence-corrected chi connectivity index (χ0v) is 17.7. The molecule has 158 valence electrons. The number of nitrogen functional groups attached to an aromatic ring is 1. The van der Waals surface area contributed by atoms with Gasteiger partial charge in [0.15, 0.2) is 0 Å². The number of aryl methyl sites for hydroxylation is 1. The molecular weight excluding hydrogens is 398 g/mol. The lowest BCUT2D eigenvalue weighted by molar-refractivity contribution is 0.0502. The lowest BCUT2D eigenvalue weighted by Crippen LogP contribution is -2.30. The fourth-order valence-electron chi connectivity index (χ4n) is 4.77. The zero-order chi connectivity index (χ0) is 21.8. The van der Waals surface area contributed by atoms with E-state index in [1.54, 1.807) is 0 Å². The molecule has 0 spiro atoms. The van der Waals surface area contributed by atoms with Gasteiger partial charge in [-0.15, -0.1) is 0 Å². The van der Waals surface area contributed by atoms with Gasteiger partial charge >= 0.3 is 0 Å². The lowest BCUT2D eigenvalue weighted by atomic mass is 9.89. The number of hydrogen-bond donors (Lipinski definition) is 2. The third kappa shape index (κ3) is 2.87. The van der Waals surface area contributed by atoms with E-state index in [1.807, 2.05) is 18.2 Å². The van der Waals surface area contributed by atoms with Crippen molar-refractivity contribution < 1.29 is 5.11 Å². The van der Waals surface area contributed by atoms with E-state index >= 15 is 0 Å². The molecule has 3 aromatic heterocycles. The first-order valence-corrected chi connectivity index (χ1v) is 10.9. The van der Waals surface area contributed by atoms with Crippen LogP contribution in [0.5, 0.6) is 0 Å². The van der Waals surface area contributed by atoms with Gasteiger partial charge in [-0.2, -0.15) is 0 Å². The van der Waals surface area contributed by atoms with E-state index < -0.39 is 0 Å². The SMILES string of the molecule is Cc1c(-c2cn(C3CC(O)C3)c3ncnc(N)c23)ccc2ccc(-c3ccccc3)nc12. The van der Waals surface area contributed by atoms with E-state index in [9.17, 15) is 5.11 Å². The molecule has 0 aliphatic heterocycles. The maximum absolute atomic E-state index is 9.83. The molecule has 1 saturated carbocycles. The smallest absolute Gasteiger partial charge is 0.146 e. The van der Waals surface area contributed by atoms with E-state index in [-0.39, 0.29) is 12.1 Å². The second-order valence-electron chi connectivity index (χ2n) is 8.56. The van der Waals surface area contributed by atoms with Gasteiger partial charge in [0.25, 0.3) is 0 Å². The molecule has 0 amide bonds. The Bertz CT molecular complexity index is 1470. The van der Waals surface area contributed by atoms with Crippen molar-refractivity contribution in [2.45, 2.75) is 31.9 Å². The lowest BCUT2D eigenvalue weighted by Gasteiger charge is -2.32. The van der Waals surface area contributed by atoms with Crippen molar-refractivity contribution in [3.63, 3.8) is 0 Å². The highest BCUT2D eigenvalue weighted by Gasteiger charge is 2.31. The highest BCUT2D eigenvalue weighted by atomic mass is 16.3. The molecule has 0 atom stereocenters. The Balaban J connectivity index is 1.56. The van der Waals surface area contributed by atoms with Gasteiger partial charge in [0.1, 0.15) is 17.8 Å². The molecule has 0 unspecified atom stereocenters. The van der Waals surface area contributed by atoms with Gasteiger partial charge in [-0.3, -0.25) is 0 Å². The number of anilines is 1. The number of rotatable bonds is 3. The van der Waals surface area contributed by atoms with E-state index in [0.717, 1.165) is 62.7 Å². The van der Waals surface area contributed by atoms with Gasteiger partial charge in [-0.05, 0) is 37.0 Å². The minimum Gasteiger partial charge on any atom is -0.393 e. The van der Waals surface area contributed by atoms with Gasteiger partial charge in [-0.1, -0.05) is 48.5 Å². The number of aliphatic hydroxyl groups is 1. The van der Waals surface area contributed by atoms with Crippen molar-refractivity contribution in [2.24, 2.45) is 0 Å². The van der Waals surface area contributed by atoms with Crippen LogP contribution in [0.1, 0.15) is 24.4 Å². The highest BCUT2D eigenvalue weighted by molar-refractivity contribution is 6.03. The van der Waals surface area contributed by atoms with Gasteiger partial charge in [0.05, 0.1) is 22.7 Å². The molecule has 6 nitrogen and oxygen atoms in total. The number of aromatic nitrogens is 4. The van der Waals surface area contributed by atoms with Crippen LogP contribution in [0.3, 0.4) is 0 Å². The van der Waals surface area contributed by atoms with E-state index in [1.165, 1.54) is 6.33 Å². The van der Waals surface area contributed by atoms with Crippen molar-refractivity contribution in [3.8, 4) is 22.4 Å². The first kappa shape index (κ1) is 19.0. The number of aliphatic hydroxyl groups excluding tert-OH is 1. The van der Waals surface area contributed by atoms with E-state index in [4.69, 9.17) is 10.7 Å². The molecule has 0 bridgehead atoms. The van der Waals surface area contributed by atoms with Crippen LogP contribution in [-0.2, 0) is 0 Å². The largest absolute Gasteiger partial charge is 0.393 e. The maximum Gasteiger partial charge on any atom is 0.146 e. The number of nitrogens with two attached hydrogens (primary N) is 1. The summed E-state index contributed by atoms with van der Waals surface area (Å²) in [4.78, 5) is 13.8. The Labute approximate surface area is 185 Å². The van der Waals surface area contributed by atoms with Crippen molar-refractivity contribution in [3.05, 3.63) is 72.7 Å². The fourth-order valence-corrected chi connectivity index (χ4v) is 4.77. The van der Waals surface area contributed by atoms with Gasteiger partial charge in [0, 0.05) is 28.8 Å². The number of hydrogen-bond acceptors (Lipinski definition) is 5. The molecule has 3 heterocycles. The summed E-state index contributed by atoms with van der Waals surface area (Å²) in [6.07, 6.45) is 4.83. The number of pyridine rings is 1. The summed E-state index contributed by atoms with van der Waals surface area (Å²) < 4.78 is 2.15. The summed E-state index contributed by atoms with van der Waals surface area (Å²) in [5.74, 6) is 0.467. The van der Waals surface area contributed by atoms with Crippen molar-refractivity contribution in [2.75, 3.05) is 5.73 Å². The highest BCUT2D eigenvalue weighted by Crippen LogP contribution is 2.41. The van der Waals surface area contributed by atoms with Gasteiger partial charge in [-0.25, -0.2) is 15.0 Å². The quantitative estimate of drug-likeness (QED) is 0.432. The minimum atomic E-state index is -0.247. The normalized spacial score (nSPS) is 18.2. The van der Waals surface area contributed by atoms with Crippen LogP contribution in [-0.4, -0.2) is 30.7 Å². The molecule has 32 heavy (non-hydrogen) atoms. The third-order valence-corrected chi connectivity index (χ3v) is 6.60. The molecule has 2 aromatic carbocycles. The molecule has 6 rings (SSSR count). The van der Waals surface area contributed by atoms with Crippen LogP contribution >= 0.6 is 0 Å². The van der Waals surface area contributed by atoms with Gasteiger partial charge in [0.2, 0.25) is 0 Å². The monoisotopic (exact) mass is 421 g/mol. The molecule has 1 fully saturated rings. The molecule has 6 heteroatoms. The minimum absolute atomic E-state index is 0.221. The predicted molar refractivity (Wildman–Crippen MR) is 127 cm³/mol. The van der Waals surface area contributed by atoms with Crippen molar-refractivity contribution in [1.29, 1.82) is 0 Å². The van der Waals surface area contributed by atoms with Crippen LogP contribution in [0.2, 0.25) is 0 Å². The summed E-state index contributed by atoms with van der Waals surface area (Å²) in [5.41, 5.74) is 13.3. The molecule has 1 aliphatic carbocycles. The van der Waals surface area contributed by atoms with Crippen LogP contribution in [0.15, 0.2) is 67.1 Å². The Morgan fingerprint density at radius 2 is 1.75 bits per heavy atom. The first-order valence-electron chi connectivity index (χ1n) is 10.9. The Morgan fingerprint density at radius 1 is 0.969 bits per heavy atom. The number of benzene rings is 2. The van der Waals surface area contributed by atoms with E-state index in [0.29, 0.717) is 5.82 Å². The topological polar surface area (TPSA) is 89.8 Å². The summed E-state index contributed by atoms with van der Waals surface area (Å²) in [7, 11) is 0. The van der Waals surface area contributed by atoms with Crippen LogP contribution in [0, 0.1) is 6.92 Å². The summed E-state index contributed by atoms with van der Waals surface area (Å²) in [5, 5.41) is 11.8. The second kappa shape index (κ2) is 7.14. The average molecular weight is 422 g/mol. The molecule has 5 aromatic rings. The van der Waals surface area contributed by atoms with Crippen LogP contribution in [0.4, 0.5) is 5.82 Å². The second-order valence-corrected chi connectivity index (χ2v) is 8.56. The number of fused-ring (bicyclic) bond motifs is 2. The maximum atomic E-state index is 9.83. The zero-order valence-electron chi connectivity index (χ0n) is 17.7. The summed E-state index contributed by atoms with van der Waals surface area (Å²) >= 11 is 0. The van der Waals surface area contributed by atoms with E-state index in [2.05, 4.69) is 64.1 Å². The Morgan fingerprint density at radius 3 is 2.53 bits per heavy atom. The van der Waals surface area contributed by atoms with Crippen LogP contribution < -0.4 is 5.73 Å². The third-order valence-electron chi connectivity index (χ3n) is 6.60. The molecule has 0 saturated heterocycles. The Hall–Kier alpha value is -3.77. The summed E-state index contributed by atoms with van der Waals surface area (Å²) in [6, 6.07) is 18.9. The first-order chi connectivity index (χ1) is 15.6. The molecule has 3 N–H and O–H groups in total. The standard InChI is InChI=1S/C26H23N5O/c1-15-20(9-7-17-8-10-22(30-24(15)17)16-5-3-2-4-6-16)21-13-31(18-11-19(32)12-18)26-23(21)25(27)28-14-29-26/h2-10,13-14,18-19,32H,11-12H2,1H3,(H2,27,28,29). The van der Waals surface area contributed by atoms with Crippen molar-refractivity contribution >= 4 is 27.8 Å². The van der Waals surface area contributed by atoms with Gasteiger partial charge < -0.3 is 15.4 Å². The summed E-state index contributed by atoms with van der Waals surface area (Å²) in [6.45, 7) is 2.11. The molecule has 0 radical (unpaired) electrons. The molecular formula is C26H23N5O. The number of nitrogens with zero attached hydrogens (tertiary/aromatic N) is 4.